The fourth-order valence-electron chi connectivity index (χ4n) is 0.696. The van der Waals surface area contributed by atoms with Gasteiger partial charge in [-0.3, -0.25) is 4.79 Å². The number of aliphatic hydroxyl groups excluding tert-OH is 1. The summed E-state index contributed by atoms with van der Waals surface area (Å²) < 4.78 is 0. The van der Waals surface area contributed by atoms with Gasteiger partial charge in [0, 0.05) is 7.05 Å². The lowest BCUT2D eigenvalue weighted by Crippen LogP contribution is -2.47. The van der Waals surface area contributed by atoms with E-state index in [1.54, 1.807) is 0 Å². The van der Waals surface area contributed by atoms with Crippen molar-refractivity contribution in [1.29, 1.82) is 0 Å². The molecule has 7 heteroatoms. The van der Waals surface area contributed by atoms with E-state index in [9.17, 15) is 4.79 Å². The molecule has 0 heterocycles. The molecule has 0 saturated carbocycles. The van der Waals surface area contributed by atoms with Gasteiger partial charge in [0.25, 0.3) is 0 Å². The Balaban J connectivity index is 3.92. The fourth-order valence-corrected chi connectivity index (χ4v) is 0.696. The van der Waals surface area contributed by atoms with Crippen molar-refractivity contribution in [3.63, 3.8) is 0 Å². The summed E-state index contributed by atoms with van der Waals surface area (Å²) in [6.45, 7) is -0.454. The number of nitrogens with zero attached hydrogens (tertiary/aromatic N) is 1. The molecule has 0 radical (unpaired) electrons. The summed E-state index contributed by atoms with van der Waals surface area (Å²) >= 11 is 0. The smallest absolute Gasteiger partial charge is 0.426 e. The van der Waals surface area contributed by atoms with Gasteiger partial charge < -0.3 is 25.8 Å². The van der Waals surface area contributed by atoms with Crippen LogP contribution in [-0.2, 0) is 4.79 Å². The van der Waals surface area contributed by atoms with Crippen molar-refractivity contribution < 1.29 is 19.9 Å². The molecule has 0 aromatic heterocycles. The Hall–Kier alpha value is -0.625. The summed E-state index contributed by atoms with van der Waals surface area (Å²) in [6, 6.07) is -0.992. The molecule has 12 heavy (non-hydrogen) atoms. The molecular weight excluding hydrogens is 163 g/mol. The molecule has 0 aliphatic heterocycles. The van der Waals surface area contributed by atoms with Crippen molar-refractivity contribution in [3.8, 4) is 0 Å². The van der Waals surface area contributed by atoms with Crippen LogP contribution in [0.15, 0.2) is 0 Å². The molecule has 0 unspecified atom stereocenters. The normalized spacial score (nSPS) is 12.4. The predicted octanol–water partition coefficient (Wildman–Crippen LogP) is -3.22. The maximum absolute atomic E-state index is 11.0. The number of hydrogen-bond donors (Lipinski definition) is 4. The molecule has 1 atom stereocenters. The quantitative estimate of drug-likeness (QED) is 0.337. The number of rotatable bonds is 4. The molecule has 0 rings (SSSR count). The van der Waals surface area contributed by atoms with Crippen molar-refractivity contribution in [1.82, 2.24) is 4.90 Å². The van der Waals surface area contributed by atoms with E-state index in [0.29, 0.717) is 0 Å². The lowest BCUT2D eigenvalue weighted by Gasteiger charge is -2.19. The maximum atomic E-state index is 11.0. The Morgan fingerprint density at radius 3 is 2.50 bits per heavy atom. The monoisotopic (exact) mass is 176 g/mol. The van der Waals surface area contributed by atoms with Gasteiger partial charge in [-0.05, 0) is 0 Å². The molecule has 0 aromatic rings. The highest BCUT2D eigenvalue weighted by atomic mass is 16.4. The zero-order valence-electron chi connectivity index (χ0n) is 6.84. The lowest BCUT2D eigenvalue weighted by atomic mass is 9.91. The van der Waals surface area contributed by atoms with Crippen molar-refractivity contribution >= 4 is 13.0 Å². The first-order valence-electron chi connectivity index (χ1n) is 3.46. The van der Waals surface area contributed by atoms with E-state index in [2.05, 4.69) is 0 Å². The minimum absolute atomic E-state index is 0.216. The van der Waals surface area contributed by atoms with Gasteiger partial charge in [-0.25, -0.2) is 0 Å². The molecule has 0 fully saturated rings. The van der Waals surface area contributed by atoms with Gasteiger partial charge in [-0.1, -0.05) is 0 Å². The second kappa shape index (κ2) is 5.10. The zero-order chi connectivity index (χ0) is 9.72. The molecule has 1 amide bonds. The zero-order valence-corrected chi connectivity index (χ0v) is 6.84. The molecular formula is C5H13BN2O4. The number of aliphatic hydroxyl groups is 1. The van der Waals surface area contributed by atoms with E-state index in [-0.39, 0.29) is 6.44 Å². The highest BCUT2D eigenvalue weighted by Gasteiger charge is 2.20. The third-order valence-electron chi connectivity index (χ3n) is 1.33. The third-order valence-corrected chi connectivity index (χ3v) is 1.33. The van der Waals surface area contributed by atoms with E-state index >= 15 is 0 Å². The van der Waals surface area contributed by atoms with E-state index in [1.165, 1.54) is 7.05 Å². The van der Waals surface area contributed by atoms with Gasteiger partial charge in [0.1, 0.15) is 6.04 Å². The molecule has 0 saturated heterocycles. The first-order valence-corrected chi connectivity index (χ1v) is 3.46. The van der Waals surface area contributed by atoms with Crippen LogP contribution in [0.3, 0.4) is 0 Å². The first-order chi connectivity index (χ1) is 5.49. The summed E-state index contributed by atoms with van der Waals surface area (Å²) in [5.41, 5.74) is 5.19. The van der Waals surface area contributed by atoms with E-state index in [1.807, 2.05) is 0 Å². The van der Waals surface area contributed by atoms with Crippen molar-refractivity contribution in [2.75, 3.05) is 20.1 Å². The van der Waals surface area contributed by atoms with Crippen LogP contribution in [-0.4, -0.2) is 59.2 Å². The molecule has 6 nitrogen and oxygen atoms in total. The summed E-state index contributed by atoms with van der Waals surface area (Å²) in [5, 5.41) is 25.5. The van der Waals surface area contributed by atoms with Gasteiger partial charge >= 0.3 is 7.12 Å². The average Bonchev–Trinajstić information content (AvgIpc) is 2.00. The summed E-state index contributed by atoms with van der Waals surface area (Å²) in [6.07, 6.45) is -0.216. The van der Waals surface area contributed by atoms with Crippen LogP contribution in [0.25, 0.3) is 0 Å². The van der Waals surface area contributed by atoms with Crippen LogP contribution in [0.2, 0.25) is 0 Å². The Morgan fingerprint density at radius 2 is 2.17 bits per heavy atom. The predicted molar refractivity (Wildman–Crippen MR) is 42.9 cm³/mol. The standard InChI is InChI=1S/C5H13BN2O4/c1-8(3-6(11)12)5(10)4(7)2-9/h4,9,11-12H,2-3,7H2,1H3/t4-/m0/s1. The fraction of sp³-hybridized carbons (Fsp3) is 0.800. The molecule has 0 aliphatic rings. The highest BCUT2D eigenvalue weighted by molar-refractivity contribution is 6.41. The molecule has 5 N–H and O–H groups in total. The number of hydrogen-bond acceptors (Lipinski definition) is 5. The van der Waals surface area contributed by atoms with Gasteiger partial charge in [0.2, 0.25) is 5.91 Å². The van der Waals surface area contributed by atoms with Crippen LogP contribution in [0.1, 0.15) is 0 Å². The summed E-state index contributed by atoms with van der Waals surface area (Å²) in [7, 11) is -0.207. The van der Waals surface area contributed by atoms with Crippen molar-refractivity contribution in [3.05, 3.63) is 0 Å². The molecule has 70 valence electrons. The number of nitrogens with two attached hydrogens (primary N) is 1. The lowest BCUT2D eigenvalue weighted by molar-refractivity contribution is -0.131. The highest BCUT2D eigenvalue weighted by Crippen LogP contribution is 1.89. The number of carbonyl (C=O) groups excluding carboxylic acids is 1. The van der Waals surface area contributed by atoms with Crippen LogP contribution < -0.4 is 5.73 Å². The Bertz CT molecular complexity index is 154. The van der Waals surface area contributed by atoms with E-state index in [4.69, 9.17) is 20.9 Å². The largest absolute Gasteiger partial charge is 0.472 e. The van der Waals surface area contributed by atoms with Gasteiger partial charge in [-0.15, -0.1) is 0 Å². The molecule has 0 spiro atoms. The van der Waals surface area contributed by atoms with Gasteiger partial charge in [0.15, 0.2) is 0 Å². The van der Waals surface area contributed by atoms with Crippen LogP contribution in [0.4, 0.5) is 0 Å². The Morgan fingerprint density at radius 1 is 1.67 bits per heavy atom. The first kappa shape index (κ1) is 11.4. The second-order valence-electron chi connectivity index (χ2n) is 2.49. The second-order valence-corrected chi connectivity index (χ2v) is 2.49. The van der Waals surface area contributed by atoms with Crippen LogP contribution in [0.5, 0.6) is 0 Å². The molecule has 0 aliphatic carbocycles. The summed E-state index contributed by atoms with van der Waals surface area (Å²) in [5.74, 6) is -0.523. The van der Waals surface area contributed by atoms with Gasteiger partial charge in [-0.2, -0.15) is 0 Å². The van der Waals surface area contributed by atoms with Crippen LogP contribution in [0, 0.1) is 0 Å². The van der Waals surface area contributed by atoms with E-state index in [0.717, 1.165) is 4.90 Å². The van der Waals surface area contributed by atoms with Crippen molar-refractivity contribution in [2.24, 2.45) is 5.73 Å². The summed E-state index contributed by atoms with van der Waals surface area (Å²) in [4.78, 5) is 12.1. The van der Waals surface area contributed by atoms with E-state index < -0.39 is 25.7 Å². The van der Waals surface area contributed by atoms with Crippen LogP contribution >= 0.6 is 0 Å². The number of amides is 1. The maximum Gasteiger partial charge on any atom is 0.472 e. The van der Waals surface area contributed by atoms with Gasteiger partial charge in [0.05, 0.1) is 13.1 Å². The minimum Gasteiger partial charge on any atom is -0.426 e. The minimum atomic E-state index is -1.58. The third kappa shape index (κ3) is 3.68. The average molecular weight is 176 g/mol. The molecule has 0 bridgehead atoms. The topological polar surface area (TPSA) is 107 Å². The number of carbonyl (C=O) groups is 1. The van der Waals surface area contributed by atoms with Crippen molar-refractivity contribution in [2.45, 2.75) is 6.04 Å². The Kier molecular flexibility index (Phi) is 4.83. The SMILES string of the molecule is CN(CB(O)O)C(=O)[C@@H](N)CO. The number of likely N-dealkylation sites (N-methyl/N-ethyl adjacent to an activating group) is 1. The molecule has 0 aromatic carbocycles. The Labute approximate surface area is 70.7 Å².